The third-order valence-electron chi connectivity index (χ3n) is 11.2. The normalized spacial score (nSPS) is 51.5. The summed E-state index contributed by atoms with van der Waals surface area (Å²) in [5.41, 5.74) is 2.54. The highest BCUT2D eigenvalue weighted by atomic mass is 35.5. The number of benzene rings is 1. The molecule has 9 rings (SSSR count). The van der Waals surface area contributed by atoms with E-state index < -0.39 is 0 Å². The van der Waals surface area contributed by atoms with Crippen molar-refractivity contribution >= 4 is 11.6 Å². The van der Waals surface area contributed by atoms with Crippen LogP contribution in [-0.2, 0) is 5.41 Å². The second-order valence-electron chi connectivity index (χ2n) is 13.0. The molecular formula is C28H38ClN. The topological polar surface area (TPSA) is 12.0 Å². The molecule has 30 heavy (non-hydrogen) atoms. The van der Waals surface area contributed by atoms with Crippen LogP contribution >= 0.6 is 11.6 Å². The van der Waals surface area contributed by atoms with E-state index in [9.17, 15) is 0 Å². The van der Waals surface area contributed by atoms with E-state index in [0.29, 0.717) is 16.9 Å². The van der Waals surface area contributed by atoms with Crippen LogP contribution in [0.2, 0.25) is 5.02 Å². The number of hydrogen-bond acceptors (Lipinski definition) is 1. The van der Waals surface area contributed by atoms with Gasteiger partial charge in [0, 0.05) is 17.1 Å². The molecule has 8 saturated carbocycles. The van der Waals surface area contributed by atoms with Crippen molar-refractivity contribution in [3.8, 4) is 0 Å². The molecule has 0 radical (unpaired) electrons. The van der Waals surface area contributed by atoms with Gasteiger partial charge in [0.25, 0.3) is 0 Å². The molecule has 2 heteroatoms. The molecule has 0 aliphatic heterocycles. The van der Waals surface area contributed by atoms with Gasteiger partial charge < -0.3 is 5.32 Å². The van der Waals surface area contributed by atoms with E-state index in [1.165, 1.54) is 64.2 Å². The number of halogens is 1. The molecule has 8 bridgehead atoms. The second-order valence-corrected chi connectivity index (χ2v) is 13.4. The molecule has 8 aliphatic rings. The zero-order chi connectivity index (χ0) is 20.1. The van der Waals surface area contributed by atoms with Gasteiger partial charge in [0.2, 0.25) is 0 Å². The summed E-state index contributed by atoms with van der Waals surface area (Å²) in [5, 5.41) is 5.26. The van der Waals surface area contributed by atoms with Crippen molar-refractivity contribution in [2.45, 2.75) is 95.1 Å². The largest absolute Gasteiger partial charge is 0.310 e. The molecule has 0 aromatic heterocycles. The molecule has 1 N–H and O–H groups in total. The first-order valence-corrected chi connectivity index (χ1v) is 13.4. The summed E-state index contributed by atoms with van der Waals surface area (Å²) >= 11 is 6.26. The van der Waals surface area contributed by atoms with Gasteiger partial charge in [-0.1, -0.05) is 23.7 Å². The van der Waals surface area contributed by atoms with Crippen LogP contribution in [0, 0.1) is 40.9 Å². The highest BCUT2D eigenvalue weighted by Gasteiger charge is 2.60. The standard InChI is InChI=1S/C28H38ClN/c1-17(30-26-22-8-18-6-19(10-22)11-23(26)9-18)27-12-20-7-21(13-27)15-28(14-20,16-27)24-2-4-25(29)5-3-24/h2-5,17-23,26,30H,6-16H2,1H3/t17-,18?,19?,20+,21+,22?,23?,26?,27?,28?/m1/s1. The lowest BCUT2D eigenvalue weighted by atomic mass is 9.41. The Kier molecular flexibility index (Phi) is 4.12. The van der Waals surface area contributed by atoms with Crippen molar-refractivity contribution in [3.63, 3.8) is 0 Å². The summed E-state index contributed by atoms with van der Waals surface area (Å²) < 4.78 is 0. The van der Waals surface area contributed by atoms with Crippen LogP contribution in [0.4, 0.5) is 0 Å². The van der Waals surface area contributed by atoms with E-state index in [0.717, 1.165) is 46.6 Å². The minimum absolute atomic E-state index is 0.425. The average molecular weight is 424 g/mol. The summed E-state index contributed by atoms with van der Waals surface area (Å²) in [6.07, 6.45) is 16.4. The van der Waals surface area contributed by atoms with E-state index in [1.807, 2.05) is 0 Å². The molecule has 1 aromatic rings. The maximum atomic E-state index is 6.26. The maximum absolute atomic E-state index is 6.26. The van der Waals surface area contributed by atoms with Crippen molar-refractivity contribution in [1.82, 2.24) is 5.32 Å². The zero-order valence-electron chi connectivity index (χ0n) is 18.6. The second kappa shape index (κ2) is 6.50. The number of nitrogens with one attached hydrogen (secondary N) is 1. The van der Waals surface area contributed by atoms with Gasteiger partial charge in [-0.2, -0.15) is 0 Å². The first-order chi connectivity index (χ1) is 14.5. The van der Waals surface area contributed by atoms with Gasteiger partial charge in [-0.3, -0.25) is 0 Å². The Morgan fingerprint density at radius 3 is 1.97 bits per heavy atom. The molecule has 0 heterocycles. The number of rotatable bonds is 4. The molecule has 162 valence electrons. The van der Waals surface area contributed by atoms with Gasteiger partial charge in [0.05, 0.1) is 0 Å². The Labute approximate surface area is 187 Å². The molecule has 1 nitrogen and oxygen atoms in total. The molecule has 0 saturated heterocycles. The quantitative estimate of drug-likeness (QED) is 0.550. The molecule has 1 aromatic carbocycles. The van der Waals surface area contributed by atoms with Crippen molar-refractivity contribution in [2.75, 3.05) is 0 Å². The lowest BCUT2D eigenvalue weighted by Crippen LogP contribution is -2.64. The Morgan fingerprint density at radius 2 is 1.37 bits per heavy atom. The average Bonchev–Trinajstić information content (AvgIpc) is 2.69. The van der Waals surface area contributed by atoms with E-state index >= 15 is 0 Å². The lowest BCUT2D eigenvalue weighted by molar-refractivity contribution is -0.0986. The Hall–Kier alpha value is -0.530. The smallest absolute Gasteiger partial charge is 0.0406 e. The zero-order valence-corrected chi connectivity index (χ0v) is 19.3. The highest BCUT2D eigenvalue weighted by molar-refractivity contribution is 6.30. The van der Waals surface area contributed by atoms with E-state index in [2.05, 4.69) is 36.5 Å². The predicted octanol–water partition coefficient (Wildman–Crippen LogP) is 6.98. The van der Waals surface area contributed by atoms with Gasteiger partial charge in [-0.05, 0) is 142 Å². The lowest BCUT2D eigenvalue weighted by Gasteiger charge is -2.65. The summed E-state index contributed by atoms with van der Waals surface area (Å²) in [7, 11) is 0. The molecular weight excluding hydrogens is 386 g/mol. The van der Waals surface area contributed by atoms with Crippen LogP contribution < -0.4 is 5.32 Å². The molecule has 0 amide bonds. The fourth-order valence-electron chi connectivity index (χ4n) is 10.6. The Morgan fingerprint density at radius 1 is 0.800 bits per heavy atom. The molecule has 3 atom stereocenters. The fraction of sp³-hybridized carbons (Fsp3) is 0.786. The monoisotopic (exact) mass is 423 g/mol. The Balaban J connectivity index is 1.17. The van der Waals surface area contributed by atoms with Crippen LogP contribution in [0.1, 0.15) is 83.1 Å². The molecule has 0 unspecified atom stereocenters. The van der Waals surface area contributed by atoms with Crippen molar-refractivity contribution in [2.24, 2.45) is 40.9 Å². The SMILES string of the molecule is C[C@@H](NC1C2CC3CC(C2)CC1C3)C12C[C@@H]3C[C@H](CC(c4ccc(Cl)cc4)(C3)C1)C2. The summed E-state index contributed by atoms with van der Waals surface area (Å²) in [4.78, 5) is 0. The first kappa shape index (κ1) is 19.0. The minimum Gasteiger partial charge on any atom is -0.310 e. The van der Waals surface area contributed by atoms with E-state index in [1.54, 1.807) is 12.0 Å². The van der Waals surface area contributed by atoms with Crippen LogP contribution in [0.15, 0.2) is 24.3 Å². The summed E-state index contributed by atoms with van der Waals surface area (Å²) in [6.45, 7) is 2.59. The van der Waals surface area contributed by atoms with E-state index in [4.69, 9.17) is 11.6 Å². The van der Waals surface area contributed by atoms with Crippen molar-refractivity contribution < 1.29 is 0 Å². The van der Waals surface area contributed by atoms with Gasteiger partial charge in [0.15, 0.2) is 0 Å². The fourth-order valence-corrected chi connectivity index (χ4v) is 10.8. The summed E-state index contributed by atoms with van der Waals surface area (Å²) in [5.74, 6) is 6.03. The van der Waals surface area contributed by atoms with Crippen LogP contribution in [0.3, 0.4) is 0 Å². The summed E-state index contributed by atoms with van der Waals surface area (Å²) in [6, 6.07) is 10.5. The van der Waals surface area contributed by atoms with Crippen LogP contribution in [-0.4, -0.2) is 12.1 Å². The third-order valence-corrected chi connectivity index (χ3v) is 11.4. The van der Waals surface area contributed by atoms with Crippen molar-refractivity contribution in [1.29, 1.82) is 0 Å². The van der Waals surface area contributed by atoms with Crippen molar-refractivity contribution in [3.05, 3.63) is 34.9 Å². The molecule has 8 aliphatic carbocycles. The highest BCUT2D eigenvalue weighted by Crippen LogP contribution is 2.67. The van der Waals surface area contributed by atoms with Crippen LogP contribution in [0.5, 0.6) is 0 Å². The van der Waals surface area contributed by atoms with Gasteiger partial charge in [-0.15, -0.1) is 0 Å². The Bertz CT molecular complexity index is 786. The van der Waals surface area contributed by atoms with Gasteiger partial charge in [0.1, 0.15) is 0 Å². The first-order valence-electron chi connectivity index (χ1n) is 13.0. The third kappa shape index (κ3) is 2.76. The maximum Gasteiger partial charge on any atom is 0.0406 e. The molecule has 8 fully saturated rings. The van der Waals surface area contributed by atoms with E-state index in [-0.39, 0.29) is 0 Å². The molecule has 0 spiro atoms. The van der Waals surface area contributed by atoms with Gasteiger partial charge >= 0.3 is 0 Å². The predicted molar refractivity (Wildman–Crippen MR) is 124 cm³/mol. The number of hydrogen-bond donors (Lipinski definition) is 1. The van der Waals surface area contributed by atoms with Crippen LogP contribution in [0.25, 0.3) is 0 Å². The van der Waals surface area contributed by atoms with Gasteiger partial charge in [-0.25, -0.2) is 0 Å². The minimum atomic E-state index is 0.425.